The molecule has 5 aliphatic rings. The van der Waals surface area contributed by atoms with Crippen LogP contribution in [0.2, 0.25) is 0 Å². The number of aromatic amines is 1. The lowest BCUT2D eigenvalue weighted by Gasteiger charge is -2.62. The number of anilines is 2. The molecule has 3 aliphatic carbocycles. The quantitative estimate of drug-likeness (QED) is 0.0767. The van der Waals surface area contributed by atoms with Crippen molar-refractivity contribution in [2.75, 3.05) is 36.4 Å². The molecule has 10 rings (SSSR count). The Bertz CT molecular complexity index is 2560. The normalized spacial score (nSPS) is 20.8. The molecule has 0 radical (unpaired) electrons. The summed E-state index contributed by atoms with van der Waals surface area (Å²) < 4.78 is 35.7. The maximum absolute atomic E-state index is 13.9. The highest BCUT2D eigenvalue weighted by Gasteiger charge is 2.55. The van der Waals surface area contributed by atoms with E-state index in [0.717, 1.165) is 87.4 Å². The highest BCUT2D eigenvalue weighted by Crippen LogP contribution is 2.55. The zero-order valence-electron chi connectivity index (χ0n) is 33.5. The van der Waals surface area contributed by atoms with Gasteiger partial charge in [0.15, 0.2) is 0 Å². The number of pyridine rings is 2. The Morgan fingerprint density at radius 2 is 1.73 bits per heavy atom. The number of nitrogens with zero attached hydrogens (tertiary/aromatic N) is 5. The highest BCUT2D eigenvalue weighted by molar-refractivity contribution is 7.90. The molecule has 2 aliphatic heterocycles. The van der Waals surface area contributed by atoms with Crippen molar-refractivity contribution in [1.82, 2.24) is 24.6 Å². The average molecular weight is 831 g/mol. The molecule has 2 aromatic carbocycles. The van der Waals surface area contributed by atoms with Gasteiger partial charge < -0.3 is 19.9 Å². The summed E-state index contributed by atoms with van der Waals surface area (Å²) in [6.07, 6.45) is 17.2. The summed E-state index contributed by atoms with van der Waals surface area (Å²) in [4.78, 5) is 41.4. The molecule has 5 heterocycles. The van der Waals surface area contributed by atoms with Gasteiger partial charge in [-0.3, -0.25) is 19.8 Å². The summed E-state index contributed by atoms with van der Waals surface area (Å²) in [5.74, 6) is 0.682. The minimum absolute atomic E-state index is 0.00444. The second-order valence-electron chi connectivity index (χ2n) is 17.7. The molecule has 1 amide bonds. The van der Waals surface area contributed by atoms with Crippen LogP contribution in [0.3, 0.4) is 0 Å². The molecule has 0 bridgehead atoms. The van der Waals surface area contributed by atoms with Crippen LogP contribution in [0.1, 0.15) is 104 Å². The van der Waals surface area contributed by atoms with Gasteiger partial charge >= 0.3 is 5.69 Å². The number of rotatable bonds is 13. The van der Waals surface area contributed by atoms with E-state index in [-0.39, 0.29) is 22.5 Å². The molecule has 5 aromatic rings. The molecule has 0 unspecified atom stereocenters. The Kier molecular flexibility index (Phi) is 9.98. The lowest BCUT2D eigenvalue weighted by molar-refractivity contribution is -0.384. The van der Waals surface area contributed by atoms with E-state index in [1.807, 2.05) is 12.1 Å². The van der Waals surface area contributed by atoms with Gasteiger partial charge in [0.05, 0.1) is 22.9 Å². The molecule has 1 atom stereocenters. The van der Waals surface area contributed by atoms with E-state index in [1.54, 1.807) is 36.2 Å². The summed E-state index contributed by atoms with van der Waals surface area (Å²) in [6.45, 7) is 3.42. The van der Waals surface area contributed by atoms with Gasteiger partial charge in [0.1, 0.15) is 22.0 Å². The number of nitro groups is 1. The third-order valence-corrected chi connectivity index (χ3v) is 14.9. The number of ether oxygens (including phenoxy) is 1. The lowest BCUT2D eigenvalue weighted by Crippen LogP contribution is -2.66. The van der Waals surface area contributed by atoms with Crippen LogP contribution >= 0.6 is 0 Å². The molecule has 2 saturated heterocycles. The van der Waals surface area contributed by atoms with Crippen LogP contribution in [0.4, 0.5) is 17.2 Å². The first kappa shape index (κ1) is 38.6. The van der Waals surface area contributed by atoms with E-state index in [4.69, 9.17) is 4.74 Å². The van der Waals surface area contributed by atoms with Crippen LogP contribution in [0.25, 0.3) is 11.0 Å². The number of H-pyrrole nitrogens is 1. The second kappa shape index (κ2) is 15.5. The van der Waals surface area contributed by atoms with Crippen molar-refractivity contribution < 1.29 is 22.9 Å². The van der Waals surface area contributed by atoms with Crippen LogP contribution in [-0.2, 0) is 10.0 Å². The molecule has 3 saturated carbocycles. The Morgan fingerprint density at radius 1 is 0.933 bits per heavy atom. The first-order valence-corrected chi connectivity index (χ1v) is 22.9. The second-order valence-corrected chi connectivity index (χ2v) is 19.4. The highest BCUT2D eigenvalue weighted by atomic mass is 32.2. The summed E-state index contributed by atoms with van der Waals surface area (Å²) in [5.41, 5.74) is 4.37. The number of hydrogen-bond donors (Lipinski definition) is 3. The minimum Gasteiger partial charge on any atom is -0.455 e. The van der Waals surface area contributed by atoms with Crippen LogP contribution in [-0.4, -0.2) is 71.3 Å². The molecule has 3 aromatic heterocycles. The Hall–Kier alpha value is -5.54. The molecule has 312 valence electrons. The molecule has 1 spiro atoms. The van der Waals surface area contributed by atoms with Gasteiger partial charge in [-0.2, -0.15) is 0 Å². The smallest absolute Gasteiger partial charge is 0.312 e. The number of aromatic nitrogens is 3. The molecule has 3 N–H and O–H groups in total. The van der Waals surface area contributed by atoms with Crippen molar-refractivity contribution in [3.63, 3.8) is 0 Å². The maximum atomic E-state index is 13.9. The van der Waals surface area contributed by atoms with Crippen LogP contribution in [0.5, 0.6) is 11.5 Å². The number of hydrogen-bond acceptors (Lipinski definition) is 11. The molecular weight excluding hydrogens is 781 g/mol. The summed E-state index contributed by atoms with van der Waals surface area (Å²) in [6, 6.07) is 19.9. The zero-order chi connectivity index (χ0) is 41.0. The fraction of sp³-hybridized carbons (Fsp3) is 0.444. The van der Waals surface area contributed by atoms with Crippen LogP contribution in [0, 0.1) is 21.4 Å². The van der Waals surface area contributed by atoms with Crippen molar-refractivity contribution in [3.8, 4) is 11.5 Å². The van der Waals surface area contributed by atoms with Gasteiger partial charge in [0.2, 0.25) is 5.82 Å². The largest absolute Gasteiger partial charge is 0.455 e. The standard InChI is InChI=1S/C45H50N8O6S/c54-44(50-60(57,58)35-21-40(53(55)56)43(49-26-35)47-24-29-7-2-1-3-8-29)38-15-14-32(20-41(38)59-34-19-31-16-17-46-42(31)48-25-34)51-27-45(28-51)22-33(23-45)52-18-6-11-39(52)37-10-5-4-9-36(37)30-12-13-30/h4-5,9-10,14-17,19-21,25-26,29-30,33,39H,1-3,6-8,11-13,18,22-24,27-28H2,(H,46,48)(H,47,49)(H,50,54)/t39-/m1/s1. The monoisotopic (exact) mass is 830 g/mol. The number of likely N-dealkylation sites (tertiary alicyclic amines) is 1. The molecule has 14 nitrogen and oxygen atoms in total. The Balaban J connectivity index is 0.850. The van der Waals surface area contributed by atoms with Gasteiger partial charge in [0.25, 0.3) is 15.9 Å². The first-order chi connectivity index (χ1) is 29.1. The van der Waals surface area contributed by atoms with E-state index in [2.05, 4.69) is 59.1 Å². The van der Waals surface area contributed by atoms with Crippen molar-refractivity contribution in [2.24, 2.45) is 11.3 Å². The van der Waals surface area contributed by atoms with E-state index in [0.29, 0.717) is 35.9 Å². The summed E-state index contributed by atoms with van der Waals surface area (Å²) in [7, 11) is -4.58. The number of amides is 1. The molecule has 60 heavy (non-hydrogen) atoms. The number of carbonyl (C=O) groups excluding carboxylic acids is 1. The Morgan fingerprint density at radius 3 is 2.52 bits per heavy atom. The minimum atomic E-state index is -4.58. The third-order valence-electron chi connectivity index (χ3n) is 13.6. The van der Waals surface area contributed by atoms with Crippen LogP contribution in [0.15, 0.2) is 84.1 Å². The van der Waals surface area contributed by atoms with Gasteiger partial charge in [-0.15, -0.1) is 0 Å². The summed E-state index contributed by atoms with van der Waals surface area (Å²) >= 11 is 0. The van der Waals surface area contributed by atoms with Gasteiger partial charge in [0, 0.05) is 66.5 Å². The van der Waals surface area contributed by atoms with Gasteiger partial charge in [-0.1, -0.05) is 43.5 Å². The van der Waals surface area contributed by atoms with Crippen molar-refractivity contribution in [1.29, 1.82) is 0 Å². The van der Waals surface area contributed by atoms with E-state index < -0.39 is 31.4 Å². The van der Waals surface area contributed by atoms with Crippen LogP contribution < -0.4 is 19.7 Å². The zero-order valence-corrected chi connectivity index (χ0v) is 34.3. The number of sulfonamides is 1. The third kappa shape index (κ3) is 7.57. The number of benzene rings is 2. The number of nitrogens with one attached hydrogen (secondary N) is 3. The Labute approximate surface area is 349 Å². The lowest BCUT2D eigenvalue weighted by atomic mass is 9.60. The molecular formula is C45H50N8O6S. The predicted octanol–water partition coefficient (Wildman–Crippen LogP) is 8.45. The number of fused-ring (bicyclic) bond motifs is 1. The topological polar surface area (TPSA) is 176 Å². The van der Waals surface area contributed by atoms with E-state index >= 15 is 0 Å². The maximum Gasteiger partial charge on any atom is 0.312 e. The summed E-state index contributed by atoms with van der Waals surface area (Å²) in [5, 5.41) is 15.9. The van der Waals surface area contributed by atoms with Crippen molar-refractivity contribution in [3.05, 3.63) is 106 Å². The van der Waals surface area contributed by atoms with E-state index in [1.165, 1.54) is 37.7 Å². The van der Waals surface area contributed by atoms with E-state index in [9.17, 15) is 23.3 Å². The number of carbonyl (C=O) groups is 1. The van der Waals surface area contributed by atoms with Crippen molar-refractivity contribution in [2.45, 2.75) is 93.5 Å². The molecule has 15 heteroatoms. The average Bonchev–Trinajstić information content (AvgIpc) is 3.77. The fourth-order valence-corrected chi connectivity index (χ4v) is 11.3. The first-order valence-electron chi connectivity index (χ1n) is 21.4. The predicted molar refractivity (Wildman–Crippen MR) is 228 cm³/mol. The van der Waals surface area contributed by atoms with Crippen molar-refractivity contribution >= 4 is 44.2 Å². The SMILES string of the molecule is O=C(NS(=O)(=O)c1cnc(NCC2CCCCC2)c([N+](=O)[O-])c1)c1ccc(N2CC3(CC(N4CCC[C@@H]4c4ccccc4C4CC4)C3)C2)cc1Oc1cnc2[nH]ccc2c1. The van der Waals surface area contributed by atoms with Gasteiger partial charge in [-0.05, 0) is 105 Å². The fourth-order valence-electron chi connectivity index (χ4n) is 10.3. The van der Waals surface area contributed by atoms with Gasteiger partial charge in [-0.25, -0.2) is 23.1 Å². The molecule has 5 fully saturated rings.